The highest BCUT2D eigenvalue weighted by Gasteiger charge is 2.22. The minimum Gasteiger partial charge on any atom is -0.456 e. The van der Waals surface area contributed by atoms with E-state index in [2.05, 4.69) is 47.0 Å². The summed E-state index contributed by atoms with van der Waals surface area (Å²) in [7, 11) is 1.50. The molecule has 0 spiro atoms. The van der Waals surface area contributed by atoms with Gasteiger partial charge in [0.2, 0.25) is 0 Å². The molecule has 4 amide bonds. The molecule has 0 bridgehead atoms. The first kappa shape index (κ1) is 28.7. The van der Waals surface area contributed by atoms with Crippen LogP contribution in [0.2, 0.25) is 10.0 Å². The summed E-state index contributed by atoms with van der Waals surface area (Å²) < 4.78 is 7.53. The molecule has 4 aromatic rings. The molecule has 4 N–H and O–H groups in total. The van der Waals surface area contributed by atoms with Crippen molar-refractivity contribution in [3.8, 4) is 17.2 Å². The second-order valence-electron chi connectivity index (χ2n) is 9.91. The summed E-state index contributed by atoms with van der Waals surface area (Å²) >= 11 is 13.0. The van der Waals surface area contributed by atoms with Gasteiger partial charge in [0.25, 0.3) is 0 Å². The number of hydrogen-bond acceptors (Lipinski definition) is 5. The number of hydrogen-bond donors (Lipinski definition) is 4. The van der Waals surface area contributed by atoms with Gasteiger partial charge in [0.1, 0.15) is 28.2 Å². The number of halogens is 2. The van der Waals surface area contributed by atoms with E-state index in [1.807, 2.05) is 37.3 Å². The van der Waals surface area contributed by atoms with Crippen molar-refractivity contribution in [2.75, 3.05) is 23.0 Å². The van der Waals surface area contributed by atoms with E-state index in [9.17, 15) is 9.59 Å². The van der Waals surface area contributed by atoms with E-state index in [1.165, 1.54) is 19.3 Å². The van der Waals surface area contributed by atoms with Gasteiger partial charge in [-0.3, -0.25) is 10.6 Å². The van der Waals surface area contributed by atoms with Gasteiger partial charge in [-0.2, -0.15) is 5.10 Å². The lowest BCUT2D eigenvalue weighted by Gasteiger charge is -2.14. The summed E-state index contributed by atoms with van der Waals surface area (Å²) in [6, 6.07) is 15.0. The molecule has 0 unspecified atom stereocenters. The molecule has 0 aliphatic carbocycles. The first-order valence-electron chi connectivity index (χ1n) is 12.3. The maximum Gasteiger partial charge on any atom is 0.324 e. The second kappa shape index (κ2) is 11.8. The Morgan fingerprint density at radius 2 is 1.62 bits per heavy atom. The molecule has 2 heterocycles. The number of rotatable bonds is 6. The third-order valence-electron chi connectivity index (χ3n) is 5.72. The Morgan fingerprint density at radius 1 is 0.900 bits per heavy atom. The monoisotopic (exact) mass is 581 g/mol. The molecule has 0 atom stereocenters. The molecule has 12 heteroatoms. The minimum absolute atomic E-state index is 0.0921. The molecular formula is C28H29Cl2N7O3. The number of anilines is 3. The van der Waals surface area contributed by atoms with Crippen LogP contribution in [0.4, 0.5) is 26.9 Å². The van der Waals surface area contributed by atoms with Crippen LogP contribution in [0.3, 0.4) is 0 Å². The van der Waals surface area contributed by atoms with Gasteiger partial charge in [0.05, 0.1) is 22.1 Å². The Labute approximate surface area is 242 Å². The lowest BCUT2D eigenvalue weighted by molar-refractivity contribution is 0.254. The molecule has 0 radical (unpaired) electrons. The van der Waals surface area contributed by atoms with Crippen LogP contribution in [-0.4, -0.2) is 33.9 Å². The zero-order valence-electron chi connectivity index (χ0n) is 22.6. The van der Waals surface area contributed by atoms with Crippen molar-refractivity contribution in [3.05, 3.63) is 82.1 Å². The van der Waals surface area contributed by atoms with E-state index in [4.69, 9.17) is 33.0 Å². The maximum absolute atomic E-state index is 13.0. The van der Waals surface area contributed by atoms with Crippen molar-refractivity contribution >= 4 is 52.6 Å². The molecule has 0 aliphatic heterocycles. The van der Waals surface area contributed by atoms with Crippen molar-refractivity contribution < 1.29 is 14.3 Å². The molecule has 4 rings (SSSR count). The summed E-state index contributed by atoms with van der Waals surface area (Å²) in [5.74, 6) is 1.40. The molecule has 0 aliphatic rings. The quantitative estimate of drug-likeness (QED) is 0.189. The van der Waals surface area contributed by atoms with Crippen molar-refractivity contribution in [3.63, 3.8) is 0 Å². The number of aromatic nitrogens is 3. The van der Waals surface area contributed by atoms with E-state index in [-0.39, 0.29) is 32.7 Å². The van der Waals surface area contributed by atoms with E-state index in [1.54, 1.807) is 22.9 Å². The number of nitrogens with one attached hydrogen (secondary N) is 4. The zero-order chi connectivity index (χ0) is 29.0. The molecule has 40 heavy (non-hydrogen) atoms. The smallest absolute Gasteiger partial charge is 0.324 e. The fourth-order valence-corrected chi connectivity index (χ4v) is 3.95. The summed E-state index contributed by atoms with van der Waals surface area (Å²) in [6.45, 7) is 8.16. The van der Waals surface area contributed by atoms with Gasteiger partial charge in [-0.05, 0) is 37.3 Å². The predicted molar refractivity (Wildman–Crippen MR) is 158 cm³/mol. The zero-order valence-corrected chi connectivity index (χ0v) is 24.1. The Bertz CT molecular complexity index is 1550. The fraction of sp³-hybridized carbons (Fsp3) is 0.214. The van der Waals surface area contributed by atoms with Gasteiger partial charge in [0, 0.05) is 30.8 Å². The van der Waals surface area contributed by atoms with Gasteiger partial charge >= 0.3 is 12.1 Å². The number of benzene rings is 2. The van der Waals surface area contributed by atoms with Gasteiger partial charge in [-0.25, -0.2) is 19.3 Å². The number of ether oxygens (including phenoxy) is 1. The Morgan fingerprint density at radius 3 is 2.30 bits per heavy atom. The topological polar surface area (TPSA) is 122 Å². The van der Waals surface area contributed by atoms with Crippen LogP contribution in [0, 0.1) is 6.92 Å². The average molecular weight is 582 g/mol. The summed E-state index contributed by atoms with van der Waals surface area (Å²) in [6.07, 6.45) is 1.47. The van der Waals surface area contributed by atoms with Gasteiger partial charge < -0.3 is 15.4 Å². The first-order valence-corrected chi connectivity index (χ1v) is 13.1. The predicted octanol–water partition coefficient (Wildman–Crippen LogP) is 7.37. The van der Waals surface area contributed by atoms with Crippen molar-refractivity contribution in [2.24, 2.45) is 0 Å². The summed E-state index contributed by atoms with van der Waals surface area (Å²) in [5.41, 5.74) is 2.79. The first-order chi connectivity index (χ1) is 18.9. The van der Waals surface area contributed by atoms with Crippen LogP contribution in [0.5, 0.6) is 11.5 Å². The highest BCUT2D eigenvalue weighted by molar-refractivity contribution is 6.45. The van der Waals surface area contributed by atoms with Crippen LogP contribution < -0.4 is 26.0 Å². The minimum atomic E-state index is -0.528. The highest BCUT2D eigenvalue weighted by atomic mass is 35.5. The Balaban J connectivity index is 1.52. The normalized spacial score (nSPS) is 11.1. The number of nitrogens with zero attached hydrogens (tertiary/aromatic N) is 3. The van der Waals surface area contributed by atoms with Crippen LogP contribution in [0.15, 0.2) is 60.8 Å². The van der Waals surface area contributed by atoms with Crippen LogP contribution in [0.1, 0.15) is 32.0 Å². The van der Waals surface area contributed by atoms with Gasteiger partial charge in [-0.1, -0.05) is 61.7 Å². The maximum atomic E-state index is 13.0. The SMILES string of the molecule is CNC(=O)Nc1cc(Oc2ccc(NC(=O)Nc3cc(C(C)(C)C)nn3-c3ccc(C)cc3)c(Cl)c2Cl)ccn1. The highest BCUT2D eigenvalue weighted by Crippen LogP contribution is 2.40. The Kier molecular flexibility index (Phi) is 8.51. The van der Waals surface area contributed by atoms with E-state index >= 15 is 0 Å². The fourth-order valence-electron chi connectivity index (χ4n) is 3.55. The number of amides is 4. The van der Waals surface area contributed by atoms with Crippen molar-refractivity contribution in [1.29, 1.82) is 0 Å². The molecule has 2 aromatic heterocycles. The van der Waals surface area contributed by atoms with Crippen LogP contribution in [0.25, 0.3) is 5.69 Å². The largest absolute Gasteiger partial charge is 0.456 e. The Hall–Kier alpha value is -4.28. The second-order valence-corrected chi connectivity index (χ2v) is 10.7. The van der Waals surface area contributed by atoms with Crippen molar-refractivity contribution in [2.45, 2.75) is 33.1 Å². The molecular weight excluding hydrogens is 553 g/mol. The molecule has 0 saturated carbocycles. The number of pyridine rings is 1. The lowest BCUT2D eigenvalue weighted by atomic mass is 9.92. The molecule has 2 aromatic carbocycles. The third-order valence-corrected chi connectivity index (χ3v) is 6.59. The van der Waals surface area contributed by atoms with Crippen LogP contribution >= 0.6 is 23.2 Å². The third kappa shape index (κ3) is 6.83. The van der Waals surface area contributed by atoms with Crippen LogP contribution in [-0.2, 0) is 5.41 Å². The number of carbonyl (C=O) groups is 2. The number of urea groups is 2. The standard InChI is InChI=1S/C28H29Cl2N7O3/c1-16-6-8-17(9-7-16)37-23(15-21(36-37)28(2,3)4)35-27(39)33-19-10-11-20(25(30)24(19)29)40-18-12-13-32-22(14-18)34-26(38)31-5/h6-15H,1-5H3,(H2,33,35,39)(H2,31,32,34,38). The lowest BCUT2D eigenvalue weighted by Crippen LogP contribution is -2.24. The van der Waals surface area contributed by atoms with E-state index in [0.29, 0.717) is 11.6 Å². The van der Waals surface area contributed by atoms with Gasteiger partial charge in [0.15, 0.2) is 0 Å². The summed E-state index contributed by atoms with van der Waals surface area (Å²) in [4.78, 5) is 28.6. The molecule has 208 valence electrons. The number of aryl methyl sites for hydroxylation is 1. The molecule has 0 saturated heterocycles. The van der Waals surface area contributed by atoms with Crippen molar-refractivity contribution in [1.82, 2.24) is 20.1 Å². The summed E-state index contributed by atoms with van der Waals surface area (Å²) in [5, 5.41) is 15.5. The molecule has 10 nitrogen and oxygen atoms in total. The molecule has 0 fully saturated rings. The van der Waals surface area contributed by atoms with E-state index in [0.717, 1.165) is 16.9 Å². The van der Waals surface area contributed by atoms with Gasteiger partial charge in [-0.15, -0.1) is 0 Å². The average Bonchev–Trinajstić information content (AvgIpc) is 3.33. The number of carbonyl (C=O) groups excluding carboxylic acids is 2. The van der Waals surface area contributed by atoms with E-state index < -0.39 is 12.1 Å².